The van der Waals surface area contributed by atoms with E-state index in [0.29, 0.717) is 0 Å². The normalized spacial score (nSPS) is 18.5. The van der Waals surface area contributed by atoms with Crippen molar-refractivity contribution < 1.29 is 10.3 Å². The van der Waals surface area contributed by atoms with E-state index in [1.165, 1.54) is 0 Å². The summed E-state index contributed by atoms with van der Waals surface area (Å²) in [5, 5.41) is 14.7. The lowest BCUT2D eigenvalue weighted by Crippen LogP contribution is -1.72. The number of hydrogen-bond acceptors (Lipinski definition) is 3. The van der Waals surface area contributed by atoms with Gasteiger partial charge in [0.25, 0.3) is 0 Å². The van der Waals surface area contributed by atoms with Gasteiger partial charge in [-0.3, -0.25) is 0 Å². The standard InChI is InChI=1S/C3H6O.H3NO/c4-3-1-2-3;1-2/h3-4H,1-2H2;2H,1H2. The molecule has 3 nitrogen and oxygen atoms in total. The van der Waals surface area contributed by atoms with E-state index in [1.54, 1.807) is 0 Å². The van der Waals surface area contributed by atoms with Crippen LogP contribution >= 0.6 is 0 Å². The van der Waals surface area contributed by atoms with Crippen molar-refractivity contribution in [3.8, 4) is 0 Å². The van der Waals surface area contributed by atoms with E-state index in [-0.39, 0.29) is 6.10 Å². The summed E-state index contributed by atoms with van der Waals surface area (Å²) in [6.07, 6.45) is 2.17. The van der Waals surface area contributed by atoms with E-state index in [4.69, 9.17) is 10.3 Å². The van der Waals surface area contributed by atoms with Gasteiger partial charge >= 0.3 is 0 Å². The molecular weight excluding hydrogens is 82.0 g/mol. The second kappa shape index (κ2) is 3.08. The summed E-state index contributed by atoms with van der Waals surface area (Å²) >= 11 is 0. The Hall–Kier alpha value is -0.120. The summed E-state index contributed by atoms with van der Waals surface area (Å²) in [5.41, 5.74) is 0. The van der Waals surface area contributed by atoms with Crippen LogP contribution in [0.3, 0.4) is 0 Å². The first-order valence-electron chi connectivity index (χ1n) is 1.83. The van der Waals surface area contributed by atoms with Crippen molar-refractivity contribution in [2.75, 3.05) is 0 Å². The molecular formula is C3H9NO2. The Balaban J connectivity index is 0.000000112. The molecule has 1 rings (SSSR count). The molecule has 1 aliphatic rings. The van der Waals surface area contributed by atoms with Crippen LogP contribution in [-0.4, -0.2) is 16.4 Å². The van der Waals surface area contributed by atoms with Crippen LogP contribution in [-0.2, 0) is 0 Å². The fourth-order valence-corrected chi connectivity index (χ4v) is 0.0745. The second-order valence-corrected chi connectivity index (χ2v) is 1.23. The van der Waals surface area contributed by atoms with Crippen molar-refractivity contribution >= 4 is 0 Å². The summed E-state index contributed by atoms with van der Waals surface area (Å²) in [5.74, 6) is 3.50. The highest BCUT2D eigenvalue weighted by molar-refractivity contribution is 4.68. The fourth-order valence-electron chi connectivity index (χ4n) is 0.0745. The van der Waals surface area contributed by atoms with Crippen LogP contribution in [0.2, 0.25) is 0 Å². The maximum atomic E-state index is 8.17. The third-order valence-electron chi connectivity index (χ3n) is 0.547. The Morgan fingerprint density at radius 2 is 1.50 bits per heavy atom. The molecule has 0 amide bonds. The highest BCUT2D eigenvalue weighted by atomic mass is 16.4. The van der Waals surface area contributed by atoms with Crippen LogP contribution in [0.15, 0.2) is 0 Å². The molecule has 0 aromatic heterocycles. The van der Waals surface area contributed by atoms with Gasteiger partial charge in [-0.15, -0.1) is 0 Å². The summed E-state index contributed by atoms with van der Waals surface area (Å²) in [6, 6.07) is 0. The first-order valence-corrected chi connectivity index (χ1v) is 1.83. The first-order chi connectivity index (χ1) is 2.89. The SMILES string of the molecule is NO.OC1CC1. The maximum absolute atomic E-state index is 8.17. The van der Waals surface area contributed by atoms with Crippen molar-refractivity contribution in [2.24, 2.45) is 5.90 Å². The maximum Gasteiger partial charge on any atom is 0.0542 e. The predicted octanol–water partition coefficient (Wildman–Crippen LogP) is -0.525. The van der Waals surface area contributed by atoms with Crippen molar-refractivity contribution in [1.82, 2.24) is 0 Å². The molecule has 3 heteroatoms. The third-order valence-corrected chi connectivity index (χ3v) is 0.547. The molecule has 0 saturated heterocycles. The Labute approximate surface area is 36.4 Å². The molecule has 0 aliphatic heterocycles. The van der Waals surface area contributed by atoms with Gasteiger partial charge in [0, 0.05) is 0 Å². The zero-order valence-electron chi connectivity index (χ0n) is 3.46. The largest absolute Gasteiger partial charge is 0.393 e. The van der Waals surface area contributed by atoms with Gasteiger partial charge in [-0.1, -0.05) is 0 Å². The van der Waals surface area contributed by atoms with Crippen LogP contribution in [0.4, 0.5) is 0 Å². The molecule has 0 aromatic carbocycles. The van der Waals surface area contributed by atoms with Crippen molar-refractivity contribution in [1.29, 1.82) is 0 Å². The molecule has 0 aromatic rings. The summed E-state index contributed by atoms with van der Waals surface area (Å²) < 4.78 is 0. The molecule has 6 heavy (non-hydrogen) atoms. The lowest BCUT2D eigenvalue weighted by molar-refractivity contribution is 0.279. The van der Waals surface area contributed by atoms with Gasteiger partial charge in [0.1, 0.15) is 0 Å². The summed E-state index contributed by atoms with van der Waals surface area (Å²) in [4.78, 5) is 0. The van der Waals surface area contributed by atoms with Gasteiger partial charge in [0.2, 0.25) is 0 Å². The minimum Gasteiger partial charge on any atom is -0.393 e. The zero-order valence-corrected chi connectivity index (χ0v) is 3.46. The number of rotatable bonds is 0. The van der Waals surface area contributed by atoms with E-state index < -0.39 is 0 Å². The molecule has 0 radical (unpaired) electrons. The predicted molar refractivity (Wildman–Crippen MR) is 21.2 cm³/mol. The Morgan fingerprint density at radius 1 is 1.33 bits per heavy atom. The van der Waals surface area contributed by atoms with Crippen LogP contribution in [0, 0.1) is 0 Å². The molecule has 1 saturated carbocycles. The summed E-state index contributed by atoms with van der Waals surface area (Å²) in [6.45, 7) is 0. The molecule has 0 heterocycles. The molecule has 38 valence electrons. The molecule has 1 fully saturated rings. The van der Waals surface area contributed by atoms with Crippen LogP contribution in [0.1, 0.15) is 12.8 Å². The topological polar surface area (TPSA) is 66.5 Å². The van der Waals surface area contributed by atoms with Gasteiger partial charge in [0.05, 0.1) is 6.10 Å². The zero-order chi connectivity index (χ0) is 4.99. The number of nitrogens with two attached hydrogens (primary N) is 1. The Kier molecular flexibility index (Phi) is 3.02. The smallest absolute Gasteiger partial charge is 0.0542 e. The highest BCUT2D eigenvalue weighted by Gasteiger charge is 2.15. The van der Waals surface area contributed by atoms with E-state index in [9.17, 15) is 0 Å². The van der Waals surface area contributed by atoms with Gasteiger partial charge in [-0.05, 0) is 12.8 Å². The quantitative estimate of drug-likeness (QED) is 0.351. The summed E-state index contributed by atoms with van der Waals surface area (Å²) in [7, 11) is 0. The van der Waals surface area contributed by atoms with Gasteiger partial charge in [-0.2, -0.15) is 0 Å². The van der Waals surface area contributed by atoms with Crippen molar-refractivity contribution in [3.63, 3.8) is 0 Å². The fraction of sp³-hybridized carbons (Fsp3) is 1.00. The van der Waals surface area contributed by atoms with Gasteiger partial charge < -0.3 is 10.3 Å². The Bertz CT molecular complexity index is 28.0. The van der Waals surface area contributed by atoms with E-state index >= 15 is 0 Å². The number of hydrogen-bond donors (Lipinski definition) is 3. The van der Waals surface area contributed by atoms with E-state index in [0.717, 1.165) is 12.8 Å². The molecule has 0 bridgehead atoms. The van der Waals surface area contributed by atoms with Gasteiger partial charge in [-0.25, -0.2) is 5.90 Å². The van der Waals surface area contributed by atoms with Gasteiger partial charge in [0.15, 0.2) is 0 Å². The van der Waals surface area contributed by atoms with Crippen molar-refractivity contribution in [3.05, 3.63) is 0 Å². The minimum absolute atomic E-state index is 0.0833. The van der Waals surface area contributed by atoms with Crippen molar-refractivity contribution in [2.45, 2.75) is 18.9 Å². The van der Waals surface area contributed by atoms with Crippen LogP contribution < -0.4 is 5.90 Å². The Morgan fingerprint density at radius 3 is 1.50 bits per heavy atom. The molecule has 0 unspecified atom stereocenters. The average molecular weight is 91.1 g/mol. The molecule has 0 spiro atoms. The lowest BCUT2D eigenvalue weighted by Gasteiger charge is -1.57. The number of aliphatic hydroxyl groups is 1. The number of aliphatic hydroxyl groups excluding tert-OH is 1. The van der Waals surface area contributed by atoms with E-state index in [2.05, 4.69) is 5.90 Å². The average Bonchev–Trinajstić information content (AvgIpc) is 2.30. The second-order valence-electron chi connectivity index (χ2n) is 1.23. The molecule has 1 aliphatic carbocycles. The minimum atomic E-state index is 0.0833. The first kappa shape index (κ1) is 5.88. The highest BCUT2D eigenvalue weighted by Crippen LogP contribution is 2.16. The van der Waals surface area contributed by atoms with E-state index in [1.807, 2.05) is 0 Å². The van der Waals surface area contributed by atoms with Crippen LogP contribution in [0.25, 0.3) is 0 Å². The monoisotopic (exact) mass is 91.1 g/mol. The van der Waals surface area contributed by atoms with Crippen LogP contribution in [0.5, 0.6) is 0 Å². The molecule has 0 atom stereocenters. The third kappa shape index (κ3) is 3.88. The molecule has 4 N–H and O–H groups in total. The lowest BCUT2D eigenvalue weighted by atomic mass is 10.9.